The zero-order chi connectivity index (χ0) is 14.1. The number of H-pyrrole nitrogens is 1. The van der Waals surface area contributed by atoms with Gasteiger partial charge in [0.25, 0.3) is 0 Å². The molecular weight excluding hydrogens is 264 g/mol. The molecular formula is C17H14N2S. The van der Waals surface area contributed by atoms with Crippen molar-refractivity contribution in [3.8, 4) is 27.8 Å². The molecule has 0 aliphatic carbocycles. The zero-order valence-corrected chi connectivity index (χ0v) is 12.2. The SMILES string of the molecule is Cc1ccc(-c2cc(-c3ccc(C)s3)[nH]c2C#N)cc1. The van der Waals surface area contributed by atoms with Crippen molar-refractivity contribution in [1.82, 2.24) is 4.98 Å². The minimum absolute atomic E-state index is 0.620. The summed E-state index contributed by atoms with van der Waals surface area (Å²) >= 11 is 1.73. The predicted octanol–water partition coefficient (Wildman–Crippen LogP) is 4.90. The zero-order valence-electron chi connectivity index (χ0n) is 11.4. The Hall–Kier alpha value is -2.31. The molecule has 0 radical (unpaired) electrons. The lowest BCUT2D eigenvalue weighted by Gasteiger charge is -1.99. The molecule has 20 heavy (non-hydrogen) atoms. The molecule has 0 saturated heterocycles. The number of hydrogen-bond donors (Lipinski definition) is 1. The van der Waals surface area contributed by atoms with Gasteiger partial charge in [-0.15, -0.1) is 11.3 Å². The van der Waals surface area contributed by atoms with Gasteiger partial charge >= 0.3 is 0 Å². The van der Waals surface area contributed by atoms with Crippen LogP contribution in [-0.4, -0.2) is 4.98 Å². The van der Waals surface area contributed by atoms with Crippen molar-refractivity contribution in [1.29, 1.82) is 5.26 Å². The van der Waals surface area contributed by atoms with E-state index in [4.69, 9.17) is 0 Å². The first-order chi connectivity index (χ1) is 9.67. The summed E-state index contributed by atoms with van der Waals surface area (Å²) < 4.78 is 0. The second kappa shape index (κ2) is 4.99. The van der Waals surface area contributed by atoms with E-state index in [0.29, 0.717) is 5.69 Å². The molecule has 0 atom stereocenters. The van der Waals surface area contributed by atoms with E-state index in [1.807, 2.05) is 0 Å². The van der Waals surface area contributed by atoms with Crippen molar-refractivity contribution in [2.45, 2.75) is 13.8 Å². The average Bonchev–Trinajstić information content (AvgIpc) is 3.05. The van der Waals surface area contributed by atoms with Gasteiger partial charge in [-0.3, -0.25) is 0 Å². The van der Waals surface area contributed by atoms with Gasteiger partial charge in [0.05, 0.1) is 10.6 Å². The van der Waals surface area contributed by atoms with E-state index in [1.54, 1.807) is 11.3 Å². The summed E-state index contributed by atoms with van der Waals surface area (Å²) in [5.74, 6) is 0. The number of benzene rings is 1. The number of thiophene rings is 1. The maximum absolute atomic E-state index is 9.32. The molecule has 2 heterocycles. The summed E-state index contributed by atoms with van der Waals surface area (Å²) in [6.45, 7) is 4.15. The van der Waals surface area contributed by atoms with Crippen molar-refractivity contribution < 1.29 is 0 Å². The Kier molecular flexibility index (Phi) is 3.17. The van der Waals surface area contributed by atoms with Crippen molar-refractivity contribution >= 4 is 11.3 Å². The molecule has 0 spiro atoms. The third kappa shape index (κ3) is 2.26. The van der Waals surface area contributed by atoms with Gasteiger partial charge in [-0.1, -0.05) is 29.8 Å². The van der Waals surface area contributed by atoms with Crippen molar-refractivity contribution in [2.75, 3.05) is 0 Å². The second-order valence-corrected chi connectivity index (χ2v) is 6.15. The lowest BCUT2D eigenvalue weighted by Crippen LogP contribution is -1.80. The number of nitrogens with zero attached hydrogens (tertiary/aromatic N) is 1. The highest BCUT2D eigenvalue weighted by Crippen LogP contribution is 2.32. The van der Waals surface area contributed by atoms with E-state index in [0.717, 1.165) is 21.7 Å². The van der Waals surface area contributed by atoms with Gasteiger partial charge in [0.2, 0.25) is 0 Å². The van der Waals surface area contributed by atoms with E-state index in [2.05, 4.69) is 67.4 Å². The molecule has 0 aliphatic heterocycles. The molecule has 0 saturated carbocycles. The summed E-state index contributed by atoms with van der Waals surface area (Å²) in [5, 5.41) is 9.32. The second-order valence-electron chi connectivity index (χ2n) is 4.86. The van der Waals surface area contributed by atoms with Crippen LogP contribution in [-0.2, 0) is 0 Å². The molecule has 0 aliphatic rings. The Bertz CT molecular complexity index is 785. The van der Waals surface area contributed by atoms with Gasteiger partial charge in [0.15, 0.2) is 0 Å². The fraction of sp³-hybridized carbons (Fsp3) is 0.118. The fourth-order valence-corrected chi connectivity index (χ4v) is 3.05. The number of nitrogens with one attached hydrogen (secondary N) is 1. The molecule has 2 aromatic heterocycles. The maximum Gasteiger partial charge on any atom is 0.126 e. The molecule has 3 rings (SSSR count). The standard InChI is InChI=1S/C17H14N2S/c1-11-3-6-13(7-4-11)14-9-15(19-16(14)10-18)17-8-5-12(2)20-17/h3-9,19H,1-2H3. The maximum atomic E-state index is 9.32. The number of aromatic nitrogens is 1. The topological polar surface area (TPSA) is 39.6 Å². The van der Waals surface area contributed by atoms with E-state index >= 15 is 0 Å². The van der Waals surface area contributed by atoms with Crippen molar-refractivity contribution in [2.24, 2.45) is 0 Å². The quantitative estimate of drug-likeness (QED) is 0.711. The van der Waals surface area contributed by atoms with E-state index in [9.17, 15) is 5.26 Å². The third-order valence-corrected chi connectivity index (χ3v) is 4.33. The lowest BCUT2D eigenvalue weighted by atomic mass is 10.0. The highest BCUT2D eigenvalue weighted by atomic mass is 32.1. The minimum atomic E-state index is 0.620. The van der Waals surface area contributed by atoms with Crippen molar-refractivity contribution in [3.05, 3.63) is 58.6 Å². The number of nitriles is 1. The van der Waals surface area contributed by atoms with Crippen LogP contribution in [0.25, 0.3) is 21.7 Å². The molecule has 3 heteroatoms. The van der Waals surface area contributed by atoms with Crippen LogP contribution >= 0.6 is 11.3 Å². The molecule has 0 unspecified atom stereocenters. The molecule has 0 bridgehead atoms. The summed E-state index contributed by atoms with van der Waals surface area (Å²) in [5.41, 5.74) is 4.89. The number of hydrogen-bond acceptors (Lipinski definition) is 2. The number of rotatable bonds is 2. The first kappa shape index (κ1) is 12.7. The Balaban J connectivity index is 2.10. The average molecular weight is 278 g/mol. The summed E-state index contributed by atoms with van der Waals surface area (Å²) in [4.78, 5) is 5.66. The molecule has 98 valence electrons. The molecule has 2 nitrogen and oxygen atoms in total. The Labute approximate surface area is 122 Å². The van der Waals surface area contributed by atoms with Gasteiger partial charge in [0.1, 0.15) is 11.8 Å². The van der Waals surface area contributed by atoms with Gasteiger partial charge in [0, 0.05) is 10.4 Å². The first-order valence-corrected chi connectivity index (χ1v) is 7.26. The Morgan fingerprint density at radius 2 is 1.80 bits per heavy atom. The van der Waals surface area contributed by atoms with Crippen LogP contribution in [0.5, 0.6) is 0 Å². The molecule has 0 amide bonds. The highest BCUT2D eigenvalue weighted by molar-refractivity contribution is 7.15. The largest absolute Gasteiger partial charge is 0.345 e. The van der Waals surface area contributed by atoms with Crippen molar-refractivity contribution in [3.63, 3.8) is 0 Å². The smallest absolute Gasteiger partial charge is 0.126 e. The summed E-state index contributed by atoms with van der Waals surface area (Å²) in [7, 11) is 0. The summed E-state index contributed by atoms with van der Waals surface area (Å²) in [6.07, 6.45) is 0. The summed E-state index contributed by atoms with van der Waals surface area (Å²) in [6, 6.07) is 16.8. The number of aromatic amines is 1. The molecule has 1 N–H and O–H groups in total. The Morgan fingerprint density at radius 3 is 2.40 bits per heavy atom. The highest BCUT2D eigenvalue weighted by Gasteiger charge is 2.12. The van der Waals surface area contributed by atoms with Crippen LogP contribution in [0.1, 0.15) is 16.1 Å². The van der Waals surface area contributed by atoms with Gasteiger partial charge in [-0.2, -0.15) is 5.26 Å². The fourth-order valence-electron chi connectivity index (χ4n) is 2.22. The van der Waals surface area contributed by atoms with Crippen LogP contribution in [0, 0.1) is 25.2 Å². The van der Waals surface area contributed by atoms with Crippen LogP contribution in [0.15, 0.2) is 42.5 Å². The normalized spacial score (nSPS) is 10.4. The first-order valence-electron chi connectivity index (χ1n) is 6.44. The third-order valence-electron chi connectivity index (χ3n) is 3.30. The van der Waals surface area contributed by atoms with Gasteiger partial charge < -0.3 is 4.98 Å². The number of aryl methyl sites for hydroxylation is 2. The molecule has 0 fully saturated rings. The molecule has 1 aromatic carbocycles. The van der Waals surface area contributed by atoms with Crippen LogP contribution in [0.4, 0.5) is 0 Å². The Morgan fingerprint density at radius 1 is 1.05 bits per heavy atom. The monoisotopic (exact) mass is 278 g/mol. The lowest BCUT2D eigenvalue weighted by molar-refractivity contribution is 1.34. The van der Waals surface area contributed by atoms with Crippen LogP contribution in [0.3, 0.4) is 0 Å². The predicted molar refractivity (Wildman–Crippen MR) is 83.7 cm³/mol. The van der Waals surface area contributed by atoms with Gasteiger partial charge in [-0.05, 0) is 37.6 Å². The van der Waals surface area contributed by atoms with Gasteiger partial charge in [-0.25, -0.2) is 0 Å². The van der Waals surface area contributed by atoms with E-state index in [-0.39, 0.29) is 0 Å². The minimum Gasteiger partial charge on any atom is -0.345 e. The van der Waals surface area contributed by atoms with E-state index < -0.39 is 0 Å². The molecule has 3 aromatic rings. The van der Waals surface area contributed by atoms with Crippen LogP contribution < -0.4 is 0 Å². The van der Waals surface area contributed by atoms with E-state index in [1.165, 1.54) is 10.4 Å². The van der Waals surface area contributed by atoms with Crippen LogP contribution in [0.2, 0.25) is 0 Å².